The summed E-state index contributed by atoms with van der Waals surface area (Å²) in [6, 6.07) is 4.15. The largest absolute Gasteiger partial charge is 0.469 e. The van der Waals surface area contributed by atoms with E-state index in [1.807, 2.05) is 0 Å². The van der Waals surface area contributed by atoms with Crippen molar-refractivity contribution >= 4 is 37.6 Å². The molecule has 11 heteroatoms. The fraction of sp³-hybridized carbons (Fsp3) is 0.529. The fourth-order valence-corrected chi connectivity index (χ4v) is 6.67. The van der Waals surface area contributed by atoms with Crippen LogP contribution in [0.5, 0.6) is 0 Å². The standard InChI is InChI=1S/C17H22N2O7S2/c1-12-3-4-14(19-16(20)7-10-27(19,22)23)11-15(12)28(24,25)18-8-5-13(6-9-18)17(21)26-2/h3-4,11,13H,5-10H2,1-2H3. The van der Waals surface area contributed by atoms with Crippen molar-refractivity contribution in [2.45, 2.75) is 31.1 Å². The lowest BCUT2D eigenvalue weighted by molar-refractivity contribution is -0.146. The molecule has 0 aromatic heterocycles. The molecule has 2 aliphatic heterocycles. The second-order valence-corrected chi connectivity index (χ2v) is 10.7. The molecule has 0 bridgehead atoms. The van der Waals surface area contributed by atoms with Crippen LogP contribution >= 0.6 is 0 Å². The van der Waals surface area contributed by atoms with Gasteiger partial charge in [-0.25, -0.2) is 21.1 Å². The maximum Gasteiger partial charge on any atom is 0.308 e. The van der Waals surface area contributed by atoms with Gasteiger partial charge in [0.25, 0.3) is 0 Å². The molecule has 9 nitrogen and oxygen atoms in total. The second kappa shape index (κ2) is 7.45. The Balaban J connectivity index is 1.91. The van der Waals surface area contributed by atoms with Crippen LogP contribution in [0.1, 0.15) is 24.8 Å². The van der Waals surface area contributed by atoms with Crippen LogP contribution in [-0.2, 0) is 34.4 Å². The zero-order valence-corrected chi connectivity index (χ0v) is 17.3. The summed E-state index contributed by atoms with van der Waals surface area (Å²) in [5.74, 6) is -1.56. The quantitative estimate of drug-likeness (QED) is 0.643. The molecule has 0 unspecified atom stereocenters. The molecule has 1 amide bonds. The van der Waals surface area contributed by atoms with Gasteiger partial charge in [-0.2, -0.15) is 4.31 Å². The van der Waals surface area contributed by atoms with Gasteiger partial charge in [0.2, 0.25) is 26.0 Å². The summed E-state index contributed by atoms with van der Waals surface area (Å²) < 4.78 is 57.2. The lowest BCUT2D eigenvalue weighted by Gasteiger charge is -2.30. The van der Waals surface area contributed by atoms with Crippen LogP contribution in [-0.4, -0.2) is 59.0 Å². The van der Waals surface area contributed by atoms with E-state index < -0.39 is 26.0 Å². The summed E-state index contributed by atoms with van der Waals surface area (Å²) >= 11 is 0. The number of carbonyl (C=O) groups is 2. The van der Waals surface area contributed by atoms with Gasteiger partial charge >= 0.3 is 5.97 Å². The zero-order chi connectivity index (χ0) is 20.7. The predicted octanol–water partition coefficient (Wildman–Crippen LogP) is 0.635. The van der Waals surface area contributed by atoms with Crippen molar-refractivity contribution in [3.8, 4) is 0 Å². The van der Waals surface area contributed by atoms with Crippen LogP contribution in [0.15, 0.2) is 23.1 Å². The SMILES string of the molecule is COC(=O)C1CCN(S(=O)(=O)c2cc(N3C(=O)CCS3(=O)=O)ccc2C)CC1. The molecule has 1 aromatic carbocycles. The molecular weight excluding hydrogens is 408 g/mol. The lowest BCUT2D eigenvalue weighted by atomic mass is 9.99. The Morgan fingerprint density at radius 2 is 1.86 bits per heavy atom. The van der Waals surface area contributed by atoms with Gasteiger partial charge in [-0.05, 0) is 37.5 Å². The smallest absolute Gasteiger partial charge is 0.308 e. The Bertz CT molecular complexity index is 1010. The third-order valence-electron chi connectivity index (χ3n) is 5.09. The Morgan fingerprint density at radius 3 is 2.39 bits per heavy atom. The number of hydrogen-bond donors (Lipinski definition) is 0. The number of methoxy groups -OCH3 is 1. The van der Waals surface area contributed by atoms with Crippen molar-refractivity contribution in [2.24, 2.45) is 5.92 Å². The maximum atomic E-state index is 13.1. The highest BCUT2D eigenvalue weighted by atomic mass is 32.2. The molecule has 0 aliphatic carbocycles. The van der Waals surface area contributed by atoms with Gasteiger partial charge in [0, 0.05) is 19.5 Å². The number of rotatable bonds is 4. The number of ether oxygens (including phenoxy) is 1. The number of nitrogens with zero attached hydrogens (tertiary/aromatic N) is 2. The minimum atomic E-state index is -3.91. The van der Waals surface area contributed by atoms with Crippen LogP contribution in [0.25, 0.3) is 0 Å². The number of anilines is 1. The van der Waals surface area contributed by atoms with Crippen LogP contribution in [0.4, 0.5) is 5.69 Å². The second-order valence-electron chi connectivity index (χ2n) is 6.88. The number of aryl methyl sites for hydroxylation is 1. The molecule has 154 valence electrons. The van der Waals surface area contributed by atoms with Crippen molar-refractivity contribution in [3.63, 3.8) is 0 Å². The van der Waals surface area contributed by atoms with Crippen molar-refractivity contribution in [3.05, 3.63) is 23.8 Å². The highest BCUT2D eigenvalue weighted by Crippen LogP contribution is 2.32. The van der Waals surface area contributed by atoms with E-state index in [1.54, 1.807) is 6.92 Å². The van der Waals surface area contributed by atoms with E-state index in [9.17, 15) is 26.4 Å². The molecule has 2 fully saturated rings. The molecule has 28 heavy (non-hydrogen) atoms. The molecule has 0 radical (unpaired) electrons. The fourth-order valence-electron chi connectivity index (χ4n) is 3.50. The number of benzene rings is 1. The van der Waals surface area contributed by atoms with Crippen molar-refractivity contribution < 1.29 is 31.2 Å². The molecule has 0 spiro atoms. The van der Waals surface area contributed by atoms with Gasteiger partial charge in [-0.15, -0.1) is 0 Å². The molecule has 3 rings (SSSR count). The minimum absolute atomic E-state index is 0.0242. The van der Waals surface area contributed by atoms with E-state index in [0.717, 1.165) is 0 Å². The van der Waals surface area contributed by atoms with Crippen LogP contribution in [0.2, 0.25) is 0 Å². The van der Waals surface area contributed by atoms with E-state index in [1.165, 1.54) is 29.6 Å². The summed E-state index contributed by atoms with van der Waals surface area (Å²) in [5, 5.41) is 0. The van der Waals surface area contributed by atoms with E-state index in [0.29, 0.717) is 22.7 Å². The predicted molar refractivity (Wildman–Crippen MR) is 101 cm³/mol. The summed E-state index contributed by atoms with van der Waals surface area (Å²) in [7, 11) is -6.39. The van der Waals surface area contributed by atoms with E-state index >= 15 is 0 Å². The molecule has 2 heterocycles. The van der Waals surface area contributed by atoms with Crippen LogP contribution in [0.3, 0.4) is 0 Å². The van der Waals surface area contributed by atoms with Crippen LogP contribution in [0, 0.1) is 12.8 Å². The first-order valence-electron chi connectivity index (χ1n) is 8.82. The average molecular weight is 431 g/mol. The summed E-state index contributed by atoms with van der Waals surface area (Å²) in [6.07, 6.45) is 0.576. The molecule has 0 N–H and O–H groups in total. The number of esters is 1. The normalized spacial score (nSPS) is 21.1. The Labute approximate surface area is 164 Å². The summed E-state index contributed by atoms with van der Waals surface area (Å²) in [6.45, 7) is 1.93. The Kier molecular flexibility index (Phi) is 5.52. The number of piperidine rings is 1. The third kappa shape index (κ3) is 3.65. The lowest BCUT2D eigenvalue weighted by Crippen LogP contribution is -2.40. The van der Waals surface area contributed by atoms with Gasteiger partial charge in [-0.1, -0.05) is 6.07 Å². The van der Waals surface area contributed by atoms with Crippen molar-refractivity contribution in [1.29, 1.82) is 0 Å². The topological polar surface area (TPSA) is 118 Å². The highest BCUT2D eigenvalue weighted by molar-refractivity contribution is 7.94. The van der Waals surface area contributed by atoms with Gasteiger partial charge in [0.1, 0.15) is 0 Å². The third-order valence-corrected chi connectivity index (χ3v) is 8.82. The first kappa shape index (κ1) is 20.7. The number of hydrogen-bond acceptors (Lipinski definition) is 7. The average Bonchev–Trinajstić information content (AvgIpc) is 2.94. The first-order chi connectivity index (χ1) is 13.1. The molecule has 0 saturated carbocycles. The first-order valence-corrected chi connectivity index (χ1v) is 11.9. The number of sulfonamides is 2. The molecule has 1 aromatic rings. The molecule has 2 aliphatic rings. The Hall–Kier alpha value is -1.98. The highest BCUT2D eigenvalue weighted by Gasteiger charge is 2.38. The maximum absolute atomic E-state index is 13.1. The summed E-state index contributed by atoms with van der Waals surface area (Å²) in [4.78, 5) is 23.6. The summed E-state index contributed by atoms with van der Waals surface area (Å²) in [5.41, 5.74) is 0.471. The molecule has 2 saturated heterocycles. The van der Waals surface area contributed by atoms with Gasteiger partial charge in [-0.3, -0.25) is 9.59 Å². The minimum Gasteiger partial charge on any atom is -0.469 e. The van der Waals surface area contributed by atoms with Gasteiger partial charge in [0.05, 0.1) is 29.4 Å². The van der Waals surface area contributed by atoms with E-state index in [-0.39, 0.29) is 47.7 Å². The molecular formula is C17H22N2O7S2. The Morgan fingerprint density at radius 1 is 1.21 bits per heavy atom. The van der Waals surface area contributed by atoms with Crippen molar-refractivity contribution in [1.82, 2.24) is 4.31 Å². The number of amides is 1. The van der Waals surface area contributed by atoms with E-state index in [4.69, 9.17) is 4.74 Å². The number of carbonyl (C=O) groups excluding carboxylic acids is 2. The van der Waals surface area contributed by atoms with E-state index in [2.05, 4.69) is 0 Å². The molecule has 0 atom stereocenters. The van der Waals surface area contributed by atoms with Gasteiger partial charge in [0.15, 0.2) is 0 Å². The van der Waals surface area contributed by atoms with Crippen LogP contribution < -0.4 is 4.31 Å². The monoisotopic (exact) mass is 430 g/mol. The van der Waals surface area contributed by atoms with Crippen molar-refractivity contribution in [2.75, 3.05) is 30.3 Å². The van der Waals surface area contributed by atoms with Gasteiger partial charge < -0.3 is 4.74 Å². The zero-order valence-electron chi connectivity index (χ0n) is 15.6.